The molecule has 1 aliphatic heterocycles. The summed E-state index contributed by atoms with van der Waals surface area (Å²) in [6.07, 6.45) is 3.39. The summed E-state index contributed by atoms with van der Waals surface area (Å²) in [7, 11) is -3.31. The fraction of sp³-hybridized carbons (Fsp3) is 0.385. The number of aryl methyl sites for hydroxylation is 1. The Labute approximate surface area is 126 Å². The zero-order valence-corrected chi connectivity index (χ0v) is 12.9. The lowest BCUT2D eigenvalue weighted by atomic mass is 10.2. The van der Waals surface area contributed by atoms with E-state index in [1.54, 1.807) is 23.7 Å². The van der Waals surface area contributed by atoms with E-state index in [1.807, 2.05) is 4.68 Å². The van der Waals surface area contributed by atoms with Gasteiger partial charge in [0.2, 0.25) is 0 Å². The van der Waals surface area contributed by atoms with Gasteiger partial charge in [0.05, 0.1) is 23.2 Å². The van der Waals surface area contributed by atoms with Crippen molar-refractivity contribution >= 4 is 27.1 Å². The second-order valence-electron chi connectivity index (χ2n) is 4.84. The van der Waals surface area contributed by atoms with Crippen LogP contribution in [0.3, 0.4) is 0 Å². The van der Waals surface area contributed by atoms with Crippen LogP contribution in [0.2, 0.25) is 0 Å². The smallest absolute Gasteiger partial charge is 0.254 e. The molecule has 1 aliphatic rings. The monoisotopic (exact) mass is 325 g/mol. The average molecular weight is 325 g/mol. The van der Waals surface area contributed by atoms with Crippen LogP contribution in [0.1, 0.15) is 22.5 Å². The zero-order valence-electron chi connectivity index (χ0n) is 11.3. The molecule has 2 aromatic rings. The number of hydrogen-bond acceptors (Lipinski definition) is 5. The number of fused-ring (bicyclic) bond motifs is 1. The number of nitrogens with one attached hydrogen (secondary N) is 1. The molecule has 8 heteroatoms. The van der Waals surface area contributed by atoms with Crippen LogP contribution in [0.15, 0.2) is 27.9 Å². The zero-order chi connectivity index (χ0) is 14.9. The van der Waals surface area contributed by atoms with Gasteiger partial charge in [0.1, 0.15) is 4.21 Å². The molecule has 6 nitrogen and oxygen atoms in total. The quantitative estimate of drug-likeness (QED) is 0.892. The number of sulfone groups is 1. The van der Waals surface area contributed by atoms with E-state index in [0.717, 1.165) is 25.1 Å². The molecule has 0 aromatic carbocycles. The average Bonchev–Trinajstić information content (AvgIpc) is 3.15. The van der Waals surface area contributed by atoms with Crippen molar-refractivity contribution in [2.24, 2.45) is 0 Å². The van der Waals surface area contributed by atoms with Gasteiger partial charge < -0.3 is 5.32 Å². The van der Waals surface area contributed by atoms with E-state index >= 15 is 0 Å². The first-order valence-electron chi connectivity index (χ1n) is 6.67. The number of hydrogen-bond donors (Lipinski definition) is 1. The van der Waals surface area contributed by atoms with E-state index in [0.29, 0.717) is 9.77 Å². The van der Waals surface area contributed by atoms with Crippen LogP contribution in [-0.4, -0.2) is 36.4 Å². The maximum atomic E-state index is 12.1. The number of carbonyl (C=O) groups is 1. The van der Waals surface area contributed by atoms with Crippen LogP contribution in [0, 0.1) is 0 Å². The summed E-state index contributed by atoms with van der Waals surface area (Å²) < 4.78 is 26.1. The van der Waals surface area contributed by atoms with Crippen LogP contribution < -0.4 is 5.32 Å². The Balaban J connectivity index is 1.59. The third kappa shape index (κ3) is 2.86. The second-order valence-corrected chi connectivity index (χ2v) is 8.12. The Bertz CT molecular complexity index is 748. The largest absolute Gasteiger partial charge is 0.351 e. The number of thiophene rings is 1. The Morgan fingerprint density at radius 1 is 1.48 bits per heavy atom. The van der Waals surface area contributed by atoms with Crippen LogP contribution in [0.4, 0.5) is 0 Å². The van der Waals surface area contributed by atoms with Crippen molar-refractivity contribution in [3.63, 3.8) is 0 Å². The molecule has 3 rings (SSSR count). The van der Waals surface area contributed by atoms with Crippen molar-refractivity contribution in [3.8, 4) is 0 Å². The molecule has 1 amide bonds. The summed E-state index contributed by atoms with van der Waals surface area (Å²) in [5.74, 6) is -0.345. The van der Waals surface area contributed by atoms with Gasteiger partial charge >= 0.3 is 0 Å². The van der Waals surface area contributed by atoms with E-state index < -0.39 is 9.84 Å². The summed E-state index contributed by atoms with van der Waals surface area (Å²) in [5, 5.41) is 8.54. The maximum Gasteiger partial charge on any atom is 0.254 e. The topological polar surface area (TPSA) is 81.1 Å². The standard InChI is InChI=1S/C13H15N3O3S2/c17-13(10-9-15-16-6-1-3-11(10)16)14-5-8-21(18,19)12-4-2-7-20-12/h2,4,7,9H,1,3,5-6,8H2,(H,14,17). The molecule has 0 saturated carbocycles. The molecular formula is C13H15N3O3S2. The van der Waals surface area contributed by atoms with Crippen molar-refractivity contribution < 1.29 is 13.2 Å². The molecule has 112 valence electrons. The molecule has 3 heterocycles. The van der Waals surface area contributed by atoms with Gasteiger partial charge in [-0.25, -0.2) is 8.42 Å². The first-order chi connectivity index (χ1) is 10.1. The van der Waals surface area contributed by atoms with E-state index in [1.165, 1.54) is 11.3 Å². The Hall–Kier alpha value is -1.67. The van der Waals surface area contributed by atoms with Crippen molar-refractivity contribution in [1.29, 1.82) is 0 Å². The lowest BCUT2D eigenvalue weighted by Crippen LogP contribution is -2.29. The third-order valence-corrected chi connectivity index (χ3v) is 6.64. The fourth-order valence-corrected chi connectivity index (χ4v) is 4.70. The summed E-state index contributed by atoms with van der Waals surface area (Å²) >= 11 is 1.19. The molecule has 0 bridgehead atoms. The molecule has 0 atom stereocenters. The number of amides is 1. The third-order valence-electron chi connectivity index (χ3n) is 3.43. The number of nitrogens with zero attached hydrogens (tertiary/aromatic N) is 2. The van der Waals surface area contributed by atoms with E-state index in [-0.39, 0.29) is 18.2 Å². The molecule has 0 saturated heterocycles. The lowest BCUT2D eigenvalue weighted by Gasteiger charge is -2.05. The highest BCUT2D eigenvalue weighted by atomic mass is 32.2. The van der Waals surface area contributed by atoms with Crippen molar-refractivity contribution in [1.82, 2.24) is 15.1 Å². The number of carbonyl (C=O) groups excluding carboxylic acids is 1. The highest BCUT2D eigenvalue weighted by molar-refractivity contribution is 7.93. The predicted octanol–water partition coefficient (Wildman–Crippen LogP) is 1.09. The van der Waals surface area contributed by atoms with E-state index in [4.69, 9.17) is 0 Å². The second kappa shape index (κ2) is 5.61. The SMILES string of the molecule is O=C(NCCS(=O)(=O)c1cccs1)c1cnn2c1CCC2. The van der Waals surface area contributed by atoms with Crippen molar-refractivity contribution in [2.45, 2.75) is 23.6 Å². The van der Waals surface area contributed by atoms with Gasteiger partial charge in [0.25, 0.3) is 5.91 Å². The van der Waals surface area contributed by atoms with Gasteiger partial charge in [-0.1, -0.05) is 6.07 Å². The van der Waals surface area contributed by atoms with Crippen LogP contribution >= 0.6 is 11.3 Å². The lowest BCUT2D eigenvalue weighted by molar-refractivity contribution is 0.0955. The van der Waals surface area contributed by atoms with Crippen molar-refractivity contribution in [2.75, 3.05) is 12.3 Å². The van der Waals surface area contributed by atoms with Crippen LogP contribution in [0.25, 0.3) is 0 Å². The minimum absolute atomic E-state index is 0.0945. The molecule has 2 aromatic heterocycles. The summed E-state index contributed by atoms with van der Waals surface area (Å²) in [5.41, 5.74) is 1.50. The van der Waals surface area contributed by atoms with Crippen molar-refractivity contribution in [3.05, 3.63) is 35.0 Å². The minimum Gasteiger partial charge on any atom is -0.351 e. The minimum atomic E-state index is -3.31. The first kappa shape index (κ1) is 14.3. The number of rotatable bonds is 5. The van der Waals surface area contributed by atoms with E-state index in [9.17, 15) is 13.2 Å². The fourth-order valence-electron chi connectivity index (χ4n) is 2.39. The van der Waals surface area contributed by atoms with E-state index in [2.05, 4.69) is 10.4 Å². The summed E-state index contributed by atoms with van der Waals surface area (Å²) in [6, 6.07) is 3.28. The van der Waals surface area contributed by atoms with Gasteiger partial charge in [-0.3, -0.25) is 9.48 Å². The van der Waals surface area contributed by atoms with Crippen LogP contribution in [-0.2, 0) is 22.8 Å². The molecule has 0 spiro atoms. The molecule has 0 fully saturated rings. The first-order valence-corrected chi connectivity index (χ1v) is 9.20. The van der Waals surface area contributed by atoms with Gasteiger partial charge in [-0.05, 0) is 24.3 Å². The summed E-state index contributed by atoms with van der Waals surface area (Å²) in [6.45, 7) is 0.944. The Morgan fingerprint density at radius 3 is 3.10 bits per heavy atom. The Kier molecular flexibility index (Phi) is 3.81. The van der Waals surface area contributed by atoms with Gasteiger partial charge in [-0.15, -0.1) is 11.3 Å². The normalized spacial score (nSPS) is 14.1. The van der Waals surface area contributed by atoms with Crippen LogP contribution in [0.5, 0.6) is 0 Å². The summed E-state index contributed by atoms with van der Waals surface area (Å²) in [4.78, 5) is 12.1. The van der Waals surface area contributed by atoms with Gasteiger partial charge in [0, 0.05) is 13.1 Å². The Morgan fingerprint density at radius 2 is 2.33 bits per heavy atom. The molecule has 0 radical (unpaired) electrons. The molecule has 0 aliphatic carbocycles. The van der Waals surface area contributed by atoms with Gasteiger partial charge in [0.15, 0.2) is 9.84 Å². The highest BCUT2D eigenvalue weighted by Gasteiger charge is 2.21. The number of aromatic nitrogens is 2. The molecule has 21 heavy (non-hydrogen) atoms. The highest BCUT2D eigenvalue weighted by Crippen LogP contribution is 2.19. The molecular weight excluding hydrogens is 310 g/mol. The predicted molar refractivity (Wildman–Crippen MR) is 79.3 cm³/mol. The maximum absolute atomic E-state index is 12.1. The molecule has 1 N–H and O–H groups in total. The van der Waals surface area contributed by atoms with Gasteiger partial charge in [-0.2, -0.15) is 5.10 Å². The molecule has 0 unspecified atom stereocenters.